The third-order valence-electron chi connectivity index (χ3n) is 6.78. The van der Waals surface area contributed by atoms with Crippen LogP contribution in [0.25, 0.3) is 11.3 Å². The summed E-state index contributed by atoms with van der Waals surface area (Å²) in [5.74, 6) is 0.462. The quantitative estimate of drug-likeness (QED) is 0.436. The number of rotatable bonds is 6. The average molecular weight is 498 g/mol. The molecule has 1 saturated heterocycles. The van der Waals surface area contributed by atoms with Gasteiger partial charge in [0.2, 0.25) is 5.95 Å². The van der Waals surface area contributed by atoms with Crippen molar-refractivity contribution in [3.63, 3.8) is 0 Å². The second-order valence-corrected chi connectivity index (χ2v) is 9.34. The summed E-state index contributed by atoms with van der Waals surface area (Å²) in [7, 11) is 0. The number of ether oxygens (including phenoxy) is 1. The fourth-order valence-corrected chi connectivity index (χ4v) is 4.78. The molecule has 0 spiro atoms. The molecule has 2 fully saturated rings. The van der Waals surface area contributed by atoms with E-state index in [2.05, 4.69) is 49.0 Å². The summed E-state index contributed by atoms with van der Waals surface area (Å²) < 4.78 is 5.43. The van der Waals surface area contributed by atoms with E-state index in [-0.39, 0.29) is 12.1 Å². The van der Waals surface area contributed by atoms with Crippen molar-refractivity contribution in [3.05, 3.63) is 60.3 Å². The van der Waals surface area contributed by atoms with Crippen molar-refractivity contribution in [1.29, 1.82) is 5.26 Å². The van der Waals surface area contributed by atoms with Gasteiger partial charge in [0.05, 0.1) is 30.2 Å². The molecule has 190 valence electrons. The van der Waals surface area contributed by atoms with E-state index in [4.69, 9.17) is 4.74 Å². The van der Waals surface area contributed by atoms with Gasteiger partial charge < -0.3 is 25.6 Å². The third kappa shape index (κ3) is 6.35. The Kier molecular flexibility index (Phi) is 7.77. The predicted octanol–water partition coefficient (Wildman–Crippen LogP) is 5.05. The molecule has 0 atom stereocenters. The lowest BCUT2D eigenvalue weighted by Crippen LogP contribution is -2.39. The number of amides is 2. The Morgan fingerprint density at radius 1 is 1.03 bits per heavy atom. The standard InChI is InChI=1S/C28H31N7O2/c29-19-21-18-20(6-11-25(21)34-28(36)32-22-4-2-1-3-5-22)26-12-13-30-27(33-26)31-23-7-9-24(10-8-23)35-14-16-37-17-15-35/h6-13,18,22H,1-5,14-17H2,(H,30,31,33)(H2,32,34,36). The molecule has 1 aliphatic heterocycles. The van der Waals surface area contributed by atoms with E-state index in [0.717, 1.165) is 68.9 Å². The Labute approximate surface area is 216 Å². The van der Waals surface area contributed by atoms with Crippen LogP contribution < -0.4 is 20.9 Å². The van der Waals surface area contributed by atoms with Crippen molar-refractivity contribution >= 4 is 29.0 Å². The number of nitrogens with one attached hydrogen (secondary N) is 3. The molecule has 2 heterocycles. The van der Waals surface area contributed by atoms with E-state index in [1.54, 1.807) is 24.4 Å². The van der Waals surface area contributed by atoms with Crippen LogP contribution in [0.15, 0.2) is 54.7 Å². The number of morpholine rings is 1. The highest BCUT2D eigenvalue weighted by Gasteiger charge is 2.17. The molecule has 9 heteroatoms. The van der Waals surface area contributed by atoms with Crippen LogP contribution in [0.5, 0.6) is 0 Å². The molecule has 0 radical (unpaired) electrons. The van der Waals surface area contributed by atoms with Crippen LogP contribution in [0.2, 0.25) is 0 Å². The Bertz CT molecular complexity index is 1260. The van der Waals surface area contributed by atoms with Crippen LogP contribution in [0.3, 0.4) is 0 Å². The molecular formula is C28H31N7O2. The van der Waals surface area contributed by atoms with Gasteiger partial charge in [0, 0.05) is 42.3 Å². The van der Waals surface area contributed by atoms with Crippen LogP contribution in [0.1, 0.15) is 37.7 Å². The molecule has 2 aliphatic rings. The summed E-state index contributed by atoms with van der Waals surface area (Å²) in [6.45, 7) is 3.28. The monoisotopic (exact) mass is 497 g/mol. The molecular weight excluding hydrogens is 466 g/mol. The fourth-order valence-electron chi connectivity index (χ4n) is 4.78. The molecule has 3 aromatic rings. The molecule has 9 nitrogen and oxygen atoms in total. The van der Waals surface area contributed by atoms with Crippen molar-refractivity contribution in [2.75, 3.05) is 41.8 Å². The second kappa shape index (κ2) is 11.7. The summed E-state index contributed by atoms with van der Waals surface area (Å²) in [5.41, 5.74) is 4.35. The average Bonchev–Trinajstić information content (AvgIpc) is 2.95. The minimum absolute atomic E-state index is 0.195. The van der Waals surface area contributed by atoms with Crippen LogP contribution >= 0.6 is 0 Å². The lowest BCUT2D eigenvalue weighted by atomic mass is 9.96. The van der Waals surface area contributed by atoms with Gasteiger partial charge in [-0.25, -0.2) is 14.8 Å². The molecule has 1 saturated carbocycles. The minimum atomic E-state index is -0.274. The third-order valence-corrected chi connectivity index (χ3v) is 6.78. The van der Waals surface area contributed by atoms with Gasteiger partial charge in [-0.1, -0.05) is 25.3 Å². The number of nitriles is 1. The minimum Gasteiger partial charge on any atom is -0.378 e. The van der Waals surface area contributed by atoms with Crippen molar-refractivity contribution in [3.8, 4) is 17.3 Å². The van der Waals surface area contributed by atoms with Gasteiger partial charge in [-0.2, -0.15) is 5.26 Å². The van der Waals surface area contributed by atoms with E-state index in [1.807, 2.05) is 18.2 Å². The van der Waals surface area contributed by atoms with E-state index in [0.29, 0.717) is 22.9 Å². The van der Waals surface area contributed by atoms with Crippen LogP contribution in [-0.2, 0) is 4.74 Å². The van der Waals surface area contributed by atoms with Gasteiger partial charge in [-0.05, 0) is 55.3 Å². The molecule has 1 aliphatic carbocycles. The molecule has 3 N–H and O–H groups in total. The van der Waals surface area contributed by atoms with E-state index < -0.39 is 0 Å². The molecule has 0 bridgehead atoms. The largest absolute Gasteiger partial charge is 0.378 e. The number of carbonyl (C=O) groups is 1. The smallest absolute Gasteiger partial charge is 0.319 e. The highest BCUT2D eigenvalue weighted by Crippen LogP contribution is 2.26. The lowest BCUT2D eigenvalue weighted by molar-refractivity contribution is 0.122. The number of anilines is 4. The number of urea groups is 1. The van der Waals surface area contributed by atoms with Crippen molar-refractivity contribution in [1.82, 2.24) is 15.3 Å². The van der Waals surface area contributed by atoms with Gasteiger partial charge in [0.25, 0.3) is 0 Å². The zero-order valence-corrected chi connectivity index (χ0v) is 20.7. The highest BCUT2D eigenvalue weighted by atomic mass is 16.5. The maximum Gasteiger partial charge on any atom is 0.319 e. The maximum absolute atomic E-state index is 12.5. The topological polar surface area (TPSA) is 115 Å². The number of nitrogens with zero attached hydrogens (tertiary/aromatic N) is 4. The van der Waals surface area contributed by atoms with Gasteiger partial charge in [-0.15, -0.1) is 0 Å². The molecule has 5 rings (SSSR count). The molecule has 2 amide bonds. The summed E-state index contributed by atoms with van der Waals surface area (Å²) in [5, 5.41) is 18.8. The number of benzene rings is 2. The zero-order valence-electron chi connectivity index (χ0n) is 20.7. The van der Waals surface area contributed by atoms with Gasteiger partial charge >= 0.3 is 6.03 Å². The van der Waals surface area contributed by atoms with Gasteiger partial charge in [0.1, 0.15) is 6.07 Å². The van der Waals surface area contributed by atoms with Gasteiger partial charge in [0.15, 0.2) is 0 Å². The summed E-state index contributed by atoms with van der Waals surface area (Å²) in [6, 6.07) is 17.4. The van der Waals surface area contributed by atoms with Crippen molar-refractivity contribution in [2.24, 2.45) is 0 Å². The van der Waals surface area contributed by atoms with Crippen LogP contribution in [-0.4, -0.2) is 48.3 Å². The Morgan fingerprint density at radius 3 is 2.57 bits per heavy atom. The summed E-state index contributed by atoms with van der Waals surface area (Å²) >= 11 is 0. The molecule has 37 heavy (non-hydrogen) atoms. The Hall–Kier alpha value is -4.16. The van der Waals surface area contributed by atoms with E-state index >= 15 is 0 Å². The number of carbonyl (C=O) groups excluding carboxylic acids is 1. The molecule has 2 aromatic carbocycles. The second-order valence-electron chi connectivity index (χ2n) is 9.34. The number of hydrogen-bond acceptors (Lipinski definition) is 7. The summed E-state index contributed by atoms with van der Waals surface area (Å²) in [4.78, 5) is 23.7. The fraction of sp³-hybridized carbons (Fsp3) is 0.357. The van der Waals surface area contributed by atoms with E-state index in [9.17, 15) is 10.1 Å². The molecule has 1 aromatic heterocycles. The van der Waals surface area contributed by atoms with Crippen LogP contribution in [0.4, 0.5) is 27.8 Å². The lowest BCUT2D eigenvalue weighted by Gasteiger charge is -2.28. The number of hydrogen-bond donors (Lipinski definition) is 3. The molecule has 0 unspecified atom stereocenters. The first-order chi connectivity index (χ1) is 18.2. The van der Waals surface area contributed by atoms with Crippen molar-refractivity contribution < 1.29 is 9.53 Å². The van der Waals surface area contributed by atoms with E-state index in [1.165, 1.54) is 6.42 Å². The summed E-state index contributed by atoms with van der Waals surface area (Å²) in [6.07, 6.45) is 7.18. The number of aromatic nitrogens is 2. The first kappa shape index (κ1) is 24.5. The van der Waals surface area contributed by atoms with Gasteiger partial charge in [-0.3, -0.25) is 0 Å². The Balaban J connectivity index is 1.25. The Morgan fingerprint density at radius 2 is 1.81 bits per heavy atom. The first-order valence-corrected chi connectivity index (χ1v) is 12.8. The SMILES string of the molecule is N#Cc1cc(-c2ccnc(Nc3ccc(N4CCOCC4)cc3)n2)ccc1NC(=O)NC1CCCCC1. The van der Waals surface area contributed by atoms with Crippen LogP contribution in [0, 0.1) is 11.3 Å². The predicted molar refractivity (Wildman–Crippen MR) is 144 cm³/mol. The normalized spacial score (nSPS) is 16.0. The first-order valence-electron chi connectivity index (χ1n) is 12.8. The van der Waals surface area contributed by atoms with Crippen molar-refractivity contribution in [2.45, 2.75) is 38.1 Å². The highest BCUT2D eigenvalue weighted by molar-refractivity contribution is 5.91. The maximum atomic E-state index is 12.5. The zero-order chi connectivity index (χ0) is 25.5.